The zero-order valence-corrected chi connectivity index (χ0v) is 40.1. The molecule has 0 radical (unpaired) electrons. The lowest BCUT2D eigenvalue weighted by molar-refractivity contribution is -0.168. The van der Waals surface area contributed by atoms with Gasteiger partial charge in [-0.25, -0.2) is 0 Å². The van der Waals surface area contributed by atoms with Crippen LogP contribution in [-0.2, 0) is 47.7 Å². The SMILES string of the molecule is C=C(OCCOCCCCCCCCCCCCCCCCCC)C(C)(C)CC(CC(C)(CC(C)(CC)C(=O)OCCOC(=O)C1CCCCC1C(=O)O)C(=O)O)C(=O)OCC. The number of carbonyl (C=O) groups excluding carboxylic acids is 3. The fourth-order valence-corrected chi connectivity index (χ4v) is 8.75. The maximum absolute atomic E-state index is 13.5. The number of carboxylic acids is 2. The topological polar surface area (TPSA) is 172 Å². The van der Waals surface area contributed by atoms with Gasteiger partial charge in [-0.2, -0.15) is 0 Å². The number of unbranched alkanes of at least 4 members (excludes halogenated alkanes) is 15. The number of ether oxygens (including phenoxy) is 5. The molecule has 2 N–H and O–H groups in total. The predicted octanol–water partition coefficient (Wildman–Crippen LogP) is 11.7. The molecule has 0 spiro atoms. The molecule has 0 aromatic carbocycles. The van der Waals surface area contributed by atoms with Gasteiger partial charge in [-0.15, -0.1) is 0 Å². The Morgan fingerprint density at radius 3 is 1.60 bits per heavy atom. The molecule has 1 aliphatic carbocycles. The molecule has 0 amide bonds. The van der Waals surface area contributed by atoms with E-state index in [1.165, 1.54) is 96.8 Å². The summed E-state index contributed by atoms with van der Waals surface area (Å²) in [5.41, 5.74) is -3.50. The highest BCUT2D eigenvalue weighted by Crippen LogP contribution is 2.45. The molecule has 1 fully saturated rings. The highest BCUT2D eigenvalue weighted by molar-refractivity contribution is 5.82. The number of hydrogen-bond acceptors (Lipinski definition) is 10. The van der Waals surface area contributed by atoms with Gasteiger partial charge in [0.1, 0.15) is 19.8 Å². The summed E-state index contributed by atoms with van der Waals surface area (Å²) in [5.74, 6) is -5.93. The second-order valence-corrected chi connectivity index (χ2v) is 19.0. The molecule has 0 aromatic heterocycles. The lowest BCUT2D eigenvalue weighted by Gasteiger charge is -2.38. The van der Waals surface area contributed by atoms with Gasteiger partial charge in [-0.05, 0) is 65.7 Å². The molecular weight excluding hydrogens is 793 g/mol. The Labute approximate surface area is 375 Å². The van der Waals surface area contributed by atoms with E-state index in [1.54, 1.807) is 20.8 Å². The van der Waals surface area contributed by atoms with Crippen LogP contribution in [0.25, 0.3) is 0 Å². The van der Waals surface area contributed by atoms with Crippen LogP contribution in [0.1, 0.15) is 203 Å². The summed E-state index contributed by atoms with van der Waals surface area (Å²) < 4.78 is 28.0. The lowest BCUT2D eigenvalue weighted by Crippen LogP contribution is -2.42. The van der Waals surface area contributed by atoms with E-state index in [0.717, 1.165) is 25.7 Å². The zero-order valence-electron chi connectivity index (χ0n) is 40.1. The summed E-state index contributed by atoms with van der Waals surface area (Å²) in [7, 11) is 0. The van der Waals surface area contributed by atoms with Gasteiger partial charge in [0.2, 0.25) is 0 Å². The highest BCUT2D eigenvalue weighted by Gasteiger charge is 2.48. The normalized spacial score (nSPS) is 17.9. The van der Waals surface area contributed by atoms with Crippen LogP contribution in [0.4, 0.5) is 0 Å². The average Bonchev–Trinajstić information content (AvgIpc) is 3.23. The van der Waals surface area contributed by atoms with Crippen molar-refractivity contribution in [3.63, 3.8) is 0 Å². The van der Waals surface area contributed by atoms with Crippen LogP contribution in [0.15, 0.2) is 12.3 Å². The molecule has 0 saturated heterocycles. The molecule has 0 heterocycles. The van der Waals surface area contributed by atoms with Crippen molar-refractivity contribution in [2.24, 2.45) is 34.0 Å². The van der Waals surface area contributed by atoms with E-state index in [9.17, 15) is 34.2 Å². The number of carbonyl (C=O) groups is 5. The van der Waals surface area contributed by atoms with Crippen molar-refractivity contribution in [3.05, 3.63) is 12.3 Å². The number of aliphatic carboxylic acids is 2. The number of rotatable bonds is 38. The third kappa shape index (κ3) is 22.5. The minimum Gasteiger partial charge on any atom is -0.496 e. The van der Waals surface area contributed by atoms with Crippen LogP contribution in [0.5, 0.6) is 0 Å². The van der Waals surface area contributed by atoms with Gasteiger partial charge in [0.05, 0.1) is 47.6 Å². The van der Waals surface area contributed by atoms with Crippen molar-refractivity contribution in [3.8, 4) is 0 Å². The van der Waals surface area contributed by atoms with Crippen LogP contribution in [0.3, 0.4) is 0 Å². The number of esters is 3. The molecule has 5 atom stereocenters. The molecule has 12 nitrogen and oxygen atoms in total. The van der Waals surface area contributed by atoms with Crippen LogP contribution >= 0.6 is 0 Å². The summed E-state index contributed by atoms with van der Waals surface area (Å²) in [6, 6.07) is 0. The van der Waals surface area contributed by atoms with Gasteiger partial charge in [0.25, 0.3) is 0 Å². The van der Waals surface area contributed by atoms with Crippen molar-refractivity contribution >= 4 is 29.8 Å². The predicted molar refractivity (Wildman–Crippen MR) is 242 cm³/mol. The smallest absolute Gasteiger partial charge is 0.311 e. The van der Waals surface area contributed by atoms with Gasteiger partial charge in [0, 0.05) is 12.0 Å². The first-order valence-corrected chi connectivity index (χ1v) is 24.3. The summed E-state index contributed by atoms with van der Waals surface area (Å²) in [4.78, 5) is 64.1. The molecular formula is C50H88O12. The minimum atomic E-state index is -1.53. The quantitative estimate of drug-likeness (QED) is 0.0261. The van der Waals surface area contributed by atoms with E-state index in [2.05, 4.69) is 13.5 Å². The zero-order chi connectivity index (χ0) is 46.4. The van der Waals surface area contributed by atoms with E-state index in [-0.39, 0.29) is 45.5 Å². The van der Waals surface area contributed by atoms with Crippen LogP contribution in [0.2, 0.25) is 0 Å². The molecule has 1 aliphatic rings. The molecule has 5 unspecified atom stereocenters. The van der Waals surface area contributed by atoms with Crippen LogP contribution in [-0.4, -0.2) is 79.7 Å². The van der Waals surface area contributed by atoms with E-state index in [4.69, 9.17) is 23.7 Å². The summed E-state index contributed by atoms with van der Waals surface area (Å²) in [6.45, 7) is 17.8. The number of carboxylic acid groups (broad SMARTS) is 2. The molecule has 0 aliphatic heterocycles. The largest absolute Gasteiger partial charge is 0.496 e. The summed E-state index contributed by atoms with van der Waals surface area (Å²) in [5, 5.41) is 20.1. The van der Waals surface area contributed by atoms with Gasteiger partial charge < -0.3 is 33.9 Å². The average molecular weight is 881 g/mol. The minimum absolute atomic E-state index is 0.104. The summed E-state index contributed by atoms with van der Waals surface area (Å²) in [6.07, 6.45) is 23.6. The maximum atomic E-state index is 13.5. The Kier molecular flexibility index (Phi) is 29.0. The Morgan fingerprint density at radius 1 is 0.597 bits per heavy atom. The first-order valence-electron chi connectivity index (χ1n) is 24.3. The van der Waals surface area contributed by atoms with E-state index in [1.807, 2.05) is 13.8 Å². The Hall–Kier alpha value is -3.15. The molecule has 62 heavy (non-hydrogen) atoms. The van der Waals surface area contributed by atoms with Crippen molar-refractivity contribution in [2.75, 3.05) is 39.6 Å². The Morgan fingerprint density at radius 2 is 1.10 bits per heavy atom. The van der Waals surface area contributed by atoms with Crippen molar-refractivity contribution in [1.29, 1.82) is 0 Å². The second-order valence-electron chi connectivity index (χ2n) is 19.0. The van der Waals surface area contributed by atoms with Crippen LogP contribution in [0, 0.1) is 34.0 Å². The lowest BCUT2D eigenvalue weighted by atomic mass is 9.66. The fourth-order valence-electron chi connectivity index (χ4n) is 8.75. The molecule has 0 aromatic rings. The van der Waals surface area contributed by atoms with Gasteiger partial charge in [-0.1, -0.05) is 143 Å². The van der Waals surface area contributed by atoms with E-state index in [0.29, 0.717) is 38.4 Å². The van der Waals surface area contributed by atoms with E-state index >= 15 is 0 Å². The molecule has 360 valence electrons. The third-order valence-electron chi connectivity index (χ3n) is 13.0. The standard InChI is InChI=1S/C50H88O12/c1-9-12-13-14-15-16-17-18-19-20-21-22-23-24-25-28-31-58-32-33-60-39(4)48(5,6)36-40(44(53)59-11-3)37-50(8,46(55)56)38-49(7,10-2)47(57)62-35-34-61-45(54)42-30-27-26-29-41(42)43(51)52/h40-42H,4,9-38H2,1-3,5-8H3,(H,51,52)(H,55,56). The molecule has 1 rings (SSSR count). The number of hydrogen-bond donors (Lipinski definition) is 2. The number of allylic oxidation sites excluding steroid dienone is 1. The van der Waals surface area contributed by atoms with Crippen molar-refractivity contribution in [2.45, 2.75) is 203 Å². The fraction of sp³-hybridized carbons (Fsp3) is 0.860. The first kappa shape index (κ1) is 56.9. The maximum Gasteiger partial charge on any atom is 0.311 e. The molecule has 12 heteroatoms. The van der Waals surface area contributed by atoms with Gasteiger partial charge in [-0.3, -0.25) is 24.0 Å². The van der Waals surface area contributed by atoms with Crippen molar-refractivity contribution in [1.82, 2.24) is 0 Å². The van der Waals surface area contributed by atoms with Gasteiger partial charge in [0.15, 0.2) is 0 Å². The molecule has 1 saturated carbocycles. The van der Waals surface area contributed by atoms with E-state index < -0.39 is 63.8 Å². The third-order valence-corrected chi connectivity index (χ3v) is 13.0. The Bertz CT molecular complexity index is 1310. The van der Waals surface area contributed by atoms with Crippen LogP contribution < -0.4 is 0 Å². The van der Waals surface area contributed by atoms with Crippen molar-refractivity contribution < 1.29 is 57.9 Å². The highest BCUT2D eigenvalue weighted by atomic mass is 16.6. The van der Waals surface area contributed by atoms with Gasteiger partial charge >= 0.3 is 29.8 Å². The monoisotopic (exact) mass is 881 g/mol. The molecule has 0 bridgehead atoms. The second kappa shape index (κ2) is 31.7. The first-order chi connectivity index (χ1) is 29.5. The summed E-state index contributed by atoms with van der Waals surface area (Å²) >= 11 is 0. The Balaban J connectivity index is 2.56.